The van der Waals surface area contributed by atoms with Crippen LogP contribution in [0.5, 0.6) is 0 Å². The normalized spacial score (nSPS) is 16.5. The lowest BCUT2D eigenvalue weighted by atomic mass is 9.99. The highest BCUT2D eigenvalue weighted by atomic mass is 16.2. The van der Waals surface area contributed by atoms with Crippen LogP contribution in [0.4, 0.5) is 11.4 Å². The largest absolute Gasteiger partial charge is 0.324 e. The van der Waals surface area contributed by atoms with Crippen molar-refractivity contribution >= 4 is 28.9 Å². The van der Waals surface area contributed by atoms with E-state index >= 15 is 0 Å². The van der Waals surface area contributed by atoms with Gasteiger partial charge in [0.1, 0.15) is 12.1 Å². The molecule has 0 aliphatic carbocycles. The van der Waals surface area contributed by atoms with E-state index in [1.54, 1.807) is 11.8 Å². The average molecular weight is 440 g/mol. The Labute approximate surface area is 195 Å². The molecule has 0 saturated heterocycles. The zero-order valence-electron chi connectivity index (χ0n) is 19.3. The topological polar surface area (TPSA) is 61.8 Å². The van der Waals surface area contributed by atoms with Gasteiger partial charge in [-0.2, -0.15) is 0 Å². The summed E-state index contributed by atoms with van der Waals surface area (Å²) in [5, 5.41) is 3.07. The van der Waals surface area contributed by atoms with E-state index in [1.165, 1.54) is 0 Å². The van der Waals surface area contributed by atoms with Crippen LogP contribution in [-0.2, 0) is 16.0 Å². The van der Waals surface area contributed by atoms with Crippen LogP contribution in [0.3, 0.4) is 0 Å². The van der Waals surface area contributed by atoms with Gasteiger partial charge in [0.25, 0.3) is 5.91 Å². The maximum atomic E-state index is 13.6. The van der Waals surface area contributed by atoms with Crippen molar-refractivity contribution in [2.24, 2.45) is 4.99 Å². The molecule has 1 aliphatic rings. The molecule has 2 atom stereocenters. The number of carbonyl (C=O) groups excluding carboxylic acids is 2. The standard InChI is InChI=1S/C28H29N3O2/c1-4-20-13-9-11-17-23(20)30-27(32)24(5-2)31-25-18-12-10-16-22(25)26(29-19(3)28(31)33)21-14-7-6-8-15-21/h6-19,24H,4-5H2,1-3H3,(H,30,32)/t19-,24+/m1/s1. The van der Waals surface area contributed by atoms with E-state index < -0.39 is 12.1 Å². The van der Waals surface area contributed by atoms with Crippen molar-refractivity contribution < 1.29 is 9.59 Å². The van der Waals surface area contributed by atoms with Gasteiger partial charge in [0.15, 0.2) is 0 Å². The van der Waals surface area contributed by atoms with Crippen LogP contribution < -0.4 is 10.2 Å². The number of nitrogens with zero attached hydrogens (tertiary/aromatic N) is 2. The van der Waals surface area contributed by atoms with E-state index in [4.69, 9.17) is 4.99 Å². The molecular formula is C28H29N3O2. The molecule has 0 aromatic heterocycles. The molecule has 3 aromatic carbocycles. The van der Waals surface area contributed by atoms with Gasteiger partial charge in [-0.05, 0) is 37.5 Å². The van der Waals surface area contributed by atoms with Crippen molar-refractivity contribution in [1.29, 1.82) is 0 Å². The molecule has 168 valence electrons. The second-order valence-electron chi connectivity index (χ2n) is 8.17. The van der Waals surface area contributed by atoms with Gasteiger partial charge >= 0.3 is 0 Å². The van der Waals surface area contributed by atoms with Crippen LogP contribution in [0, 0.1) is 0 Å². The van der Waals surface area contributed by atoms with Crippen molar-refractivity contribution in [3.63, 3.8) is 0 Å². The van der Waals surface area contributed by atoms with Crippen molar-refractivity contribution in [2.45, 2.75) is 45.7 Å². The minimum absolute atomic E-state index is 0.181. The van der Waals surface area contributed by atoms with Gasteiger partial charge in [0, 0.05) is 16.8 Å². The van der Waals surface area contributed by atoms with Gasteiger partial charge in [-0.3, -0.25) is 19.5 Å². The molecule has 5 nitrogen and oxygen atoms in total. The molecule has 1 N–H and O–H groups in total. The molecule has 3 aromatic rings. The number of para-hydroxylation sites is 2. The van der Waals surface area contributed by atoms with Crippen LogP contribution in [0.15, 0.2) is 83.9 Å². The molecule has 33 heavy (non-hydrogen) atoms. The van der Waals surface area contributed by atoms with Crippen LogP contribution >= 0.6 is 0 Å². The van der Waals surface area contributed by atoms with Crippen LogP contribution in [-0.4, -0.2) is 29.6 Å². The van der Waals surface area contributed by atoms with Crippen molar-refractivity contribution in [3.05, 3.63) is 95.6 Å². The molecule has 1 aliphatic heterocycles. The third-order valence-electron chi connectivity index (χ3n) is 6.04. The summed E-state index contributed by atoms with van der Waals surface area (Å²) in [6.07, 6.45) is 1.29. The Morgan fingerprint density at radius 3 is 2.36 bits per heavy atom. The molecule has 0 bridgehead atoms. The third-order valence-corrected chi connectivity index (χ3v) is 6.04. The number of hydrogen-bond acceptors (Lipinski definition) is 3. The Bertz CT molecular complexity index is 1190. The highest BCUT2D eigenvalue weighted by molar-refractivity contribution is 6.21. The first-order valence-corrected chi connectivity index (χ1v) is 11.5. The second kappa shape index (κ2) is 9.82. The monoisotopic (exact) mass is 439 g/mol. The van der Waals surface area contributed by atoms with Gasteiger partial charge in [0.05, 0.1) is 11.4 Å². The quantitative estimate of drug-likeness (QED) is 0.571. The van der Waals surface area contributed by atoms with Gasteiger partial charge in [-0.25, -0.2) is 0 Å². The number of benzodiazepines with no additional fused rings is 1. The number of aliphatic imine (C=N–C) groups is 1. The summed E-state index contributed by atoms with van der Waals surface area (Å²) in [5.41, 5.74) is 5.11. The molecule has 1 heterocycles. The Morgan fingerprint density at radius 2 is 1.64 bits per heavy atom. The zero-order chi connectivity index (χ0) is 23.4. The number of carbonyl (C=O) groups is 2. The zero-order valence-corrected chi connectivity index (χ0v) is 19.3. The lowest BCUT2D eigenvalue weighted by molar-refractivity contribution is -0.124. The van der Waals surface area contributed by atoms with Crippen molar-refractivity contribution in [1.82, 2.24) is 0 Å². The summed E-state index contributed by atoms with van der Waals surface area (Å²) in [6.45, 7) is 5.78. The third kappa shape index (κ3) is 4.44. The fourth-order valence-corrected chi connectivity index (χ4v) is 4.32. The molecule has 0 radical (unpaired) electrons. The predicted octanol–water partition coefficient (Wildman–Crippen LogP) is 5.24. The summed E-state index contributed by atoms with van der Waals surface area (Å²) in [4.78, 5) is 33.5. The fourth-order valence-electron chi connectivity index (χ4n) is 4.32. The van der Waals surface area contributed by atoms with E-state index in [0.717, 1.165) is 34.5 Å². The number of fused-ring (bicyclic) bond motifs is 1. The second-order valence-corrected chi connectivity index (χ2v) is 8.17. The molecule has 0 fully saturated rings. The van der Waals surface area contributed by atoms with E-state index in [2.05, 4.69) is 12.2 Å². The maximum Gasteiger partial charge on any atom is 0.252 e. The van der Waals surface area contributed by atoms with Crippen LogP contribution in [0.25, 0.3) is 0 Å². The molecule has 4 rings (SSSR count). The SMILES string of the molecule is CCc1ccccc1NC(=O)[C@H](CC)N1C(=O)[C@@H](C)N=C(c2ccccc2)c2ccccc21. The lowest BCUT2D eigenvalue weighted by Crippen LogP contribution is -2.50. The van der Waals surface area contributed by atoms with Crippen molar-refractivity contribution in [2.75, 3.05) is 10.2 Å². The summed E-state index contributed by atoms with van der Waals surface area (Å²) >= 11 is 0. The highest BCUT2D eigenvalue weighted by Gasteiger charge is 2.36. The average Bonchev–Trinajstić information content (AvgIpc) is 2.96. The number of anilines is 2. The molecule has 2 amide bonds. The smallest absolute Gasteiger partial charge is 0.252 e. The molecule has 0 saturated carbocycles. The van der Waals surface area contributed by atoms with Gasteiger partial charge in [0.2, 0.25) is 5.91 Å². The number of nitrogens with one attached hydrogen (secondary N) is 1. The fraction of sp³-hybridized carbons (Fsp3) is 0.250. The van der Waals surface area contributed by atoms with E-state index in [1.807, 2.05) is 85.8 Å². The van der Waals surface area contributed by atoms with E-state index in [-0.39, 0.29) is 11.8 Å². The lowest BCUT2D eigenvalue weighted by Gasteiger charge is -2.31. The Hall–Kier alpha value is -3.73. The van der Waals surface area contributed by atoms with Crippen molar-refractivity contribution in [3.8, 4) is 0 Å². The summed E-state index contributed by atoms with van der Waals surface area (Å²) in [6, 6.07) is 24.1. The predicted molar refractivity (Wildman–Crippen MR) is 134 cm³/mol. The van der Waals surface area contributed by atoms with Crippen LogP contribution in [0.1, 0.15) is 43.9 Å². The number of aryl methyl sites for hydroxylation is 1. The molecule has 0 unspecified atom stereocenters. The summed E-state index contributed by atoms with van der Waals surface area (Å²) in [7, 11) is 0. The maximum absolute atomic E-state index is 13.6. The van der Waals surface area contributed by atoms with Gasteiger partial charge in [-0.15, -0.1) is 0 Å². The van der Waals surface area contributed by atoms with E-state index in [9.17, 15) is 9.59 Å². The molecular weight excluding hydrogens is 410 g/mol. The Morgan fingerprint density at radius 1 is 0.970 bits per heavy atom. The Kier molecular flexibility index (Phi) is 6.68. The number of amides is 2. The molecule has 0 spiro atoms. The van der Waals surface area contributed by atoms with Gasteiger partial charge in [-0.1, -0.05) is 80.6 Å². The summed E-state index contributed by atoms with van der Waals surface area (Å²) in [5.74, 6) is -0.379. The number of hydrogen-bond donors (Lipinski definition) is 1. The van der Waals surface area contributed by atoms with Crippen LogP contribution in [0.2, 0.25) is 0 Å². The minimum atomic E-state index is -0.656. The first-order valence-electron chi connectivity index (χ1n) is 11.5. The Balaban J connectivity index is 1.77. The van der Waals surface area contributed by atoms with Gasteiger partial charge < -0.3 is 5.32 Å². The highest BCUT2D eigenvalue weighted by Crippen LogP contribution is 2.31. The molecule has 5 heteroatoms. The first kappa shape index (κ1) is 22.5. The number of rotatable bonds is 6. The summed E-state index contributed by atoms with van der Waals surface area (Å²) < 4.78 is 0. The minimum Gasteiger partial charge on any atom is -0.324 e. The van der Waals surface area contributed by atoms with E-state index in [0.29, 0.717) is 12.1 Å². The first-order chi connectivity index (χ1) is 16.0. The number of benzene rings is 3.